The monoisotopic (exact) mass is 337 g/mol. The van der Waals surface area contributed by atoms with Crippen molar-refractivity contribution < 1.29 is 19.1 Å². The van der Waals surface area contributed by atoms with Crippen LogP contribution in [0.4, 0.5) is 0 Å². The second-order valence-corrected chi connectivity index (χ2v) is 5.60. The molecule has 5 heteroatoms. The predicted octanol–water partition coefficient (Wildman–Crippen LogP) is 3.91. The van der Waals surface area contributed by atoms with Gasteiger partial charge in [0.25, 0.3) is 5.91 Å². The van der Waals surface area contributed by atoms with Crippen LogP contribution in [-0.2, 0) is 4.74 Å². The lowest BCUT2D eigenvalue weighted by Gasteiger charge is -2.07. The number of hydrogen-bond acceptors (Lipinski definition) is 4. The normalized spacial score (nSPS) is 10.6. The number of ether oxygens (including phenoxy) is 2. The fourth-order valence-corrected chi connectivity index (χ4v) is 2.67. The van der Waals surface area contributed by atoms with Gasteiger partial charge in [0.15, 0.2) is 0 Å². The number of methoxy groups -OCH3 is 1. The first-order valence-electron chi connectivity index (χ1n) is 8.11. The van der Waals surface area contributed by atoms with Gasteiger partial charge in [-0.1, -0.05) is 25.1 Å². The van der Waals surface area contributed by atoms with Crippen LogP contribution in [0.2, 0.25) is 0 Å². The molecule has 128 valence electrons. The number of carbonyl (C=O) groups is 2. The predicted molar refractivity (Wildman–Crippen MR) is 95.2 cm³/mol. The summed E-state index contributed by atoms with van der Waals surface area (Å²) in [5.74, 6) is 0.0467. The maximum atomic E-state index is 12.9. The highest BCUT2D eigenvalue weighted by Gasteiger charge is 2.19. The van der Waals surface area contributed by atoms with Crippen LogP contribution in [0.25, 0.3) is 10.9 Å². The van der Waals surface area contributed by atoms with Gasteiger partial charge in [0.05, 0.1) is 24.8 Å². The largest absolute Gasteiger partial charge is 0.494 e. The second kappa shape index (κ2) is 7.21. The van der Waals surface area contributed by atoms with E-state index in [9.17, 15) is 9.59 Å². The molecule has 0 aliphatic rings. The molecule has 0 aliphatic carbocycles. The van der Waals surface area contributed by atoms with E-state index < -0.39 is 5.97 Å². The van der Waals surface area contributed by atoms with E-state index in [1.165, 1.54) is 17.9 Å². The zero-order valence-electron chi connectivity index (χ0n) is 14.2. The van der Waals surface area contributed by atoms with Crippen molar-refractivity contribution in [2.45, 2.75) is 13.3 Å². The summed E-state index contributed by atoms with van der Waals surface area (Å²) in [6, 6.07) is 14.2. The van der Waals surface area contributed by atoms with Gasteiger partial charge in [-0.25, -0.2) is 4.79 Å². The molecule has 3 rings (SSSR count). The Hall–Kier alpha value is -3.08. The van der Waals surface area contributed by atoms with Crippen LogP contribution >= 0.6 is 0 Å². The van der Waals surface area contributed by atoms with Crippen LogP contribution in [0.3, 0.4) is 0 Å². The molecule has 0 radical (unpaired) electrons. The van der Waals surface area contributed by atoms with Gasteiger partial charge in [-0.3, -0.25) is 9.36 Å². The summed E-state index contributed by atoms with van der Waals surface area (Å²) in [5, 5.41) is 0.686. The molecule has 0 atom stereocenters. The first-order valence-corrected chi connectivity index (χ1v) is 8.11. The van der Waals surface area contributed by atoms with Crippen molar-refractivity contribution in [3.8, 4) is 5.75 Å². The Morgan fingerprint density at radius 1 is 1.04 bits per heavy atom. The maximum absolute atomic E-state index is 12.9. The Labute approximate surface area is 145 Å². The average molecular weight is 337 g/mol. The molecule has 0 N–H and O–H groups in total. The van der Waals surface area contributed by atoms with Crippen molar-refractivity contribution in [3.05, 3.63) is 65.9 Å². The van der Waals surface area contributed by atoms with Crippen LogP contribution in [0.5, 0.6) is 5.75 Å². The topological polar surface area (TPSA) is 57.5 Å². The minimum Gasteiger partial charge on any atom is -0.494 e. The summed E-state index contributed by atoms with van der Waals surface area (Å²) >= 11 is 0. The average Bonchev–Trinajstić information content (AvgIpc) is 3.05. The third-order valence-corrected chi connectivity index (χ3v) is 3.91. The summed E-state index contributed by atoms with van der Waals surface area (Å²) < 4.78 is 11.8. The zero-order chi connectivity index (χ0) is 17.8. The van der Waals surface area contributed by atoms with E-state index in [1.54, 1.807) is 36.4 Å². The molecule has 0 amide bonds. The van der Waals surface area contributed by atoms with Gasteiger partial charge >= 0.3 is 5.97 Å². The zero-order valence-corrected chi connectivity index (χ0v) is 14.2. The van der Waals surface area contributed by atoms with Gasteiger partial charge < -0.3 is 9.47 Å². The third kappa shape index (κ3) is 3.26. The molecule has 3 aromatic rings. The maximum Gasteiger partial charge on any atom is 0.340 e. The van der Waals surface area contributed by atoms with E-state index in [0.717, 1.165) is 12.2 Å². The summed E-state index contributed by atoms with van der Waals surface area (Å²) in [6.07, 6.45) is 2.45. The molecule has 1 heterocycles. The lowest BCUT2D eigenvalue weighted by Crippen LogP contribution is -2.11. The van der Waals surface area contributed by atoms with Crippen LogP contribution in [0, 0.1) is 0 Å². The standard InChI is InChI=1S/C20H19NO4/c1-3-12-25-15-10-8-14(9-11-15)19(22)21-13-17(20(23)24-2)16-6-4-5-7-18(16)21/h4-11,13H,3,12H2,1-2H3. The van der Waals surface area contributed by atoms with Gasteiger partial charge in [-0.15, -0.1) is 0 Å². The van der Waals surface area contributed by atoms with Crippen molar-refractivity contribution in [1.82, 2.24) is 4.57 Å². The first-order chi connectivity index (χ1) is 12.2. The Morgan fingerprint density at radius 3 is 2.44 bits per heavy atom. The lowest BCUT2D eigenvalue weighted by atomic mass is 10.2. The number of aromatic nitrogens is 1. The number of rotatable bonds is 5. The summed E-state index contributed by atoms with van der Waals surface area (Å²) in [6.45, 7) is 2.67. The van der Waals surface area contributed by atoms with Crippen molar-refractivity contribution >= 4 is 22.8 Å². The molecule has 0 saturated carbocycles. The molecule has 0 fully saturated rings. The molecule has 0 saturated heterocycles. The number of para-hydroxylation sites is 1. The minimum absolute atomic E-state index is 0.214. The highest BCUT2D eigenvalue weighted by molar-refractivity contribution is 6.09. The quantitative estimate of drug-likeness (QED) is 0.663. The molecule has 0 aliphatic heterocycles. The number of nitrogens with zero attached hydrogens (tertiary/aromatic N) is 1. The van der Waals surface area contributed by atoms with Crippen LogP contribution < -0.4 is 4.74 Å². The summed E-state index contributed by atoms with van der Waals surface area (Å²) in [7, 11) is 1.32. The van der Waals surface area contributed by atoms with Gasteiger partial charge in [0.1, 0.15) is 5.75 Å². The van der Waals surface area contributed by atoms with E-state index in [2.05, 4.69) is 0 Å². The molecule has 25 heavy (non-hydrogen) atoms. The van der Waals surface area contributed by atoms with Gasteiger partial charge in [0, 0.05) is 17.1 Å². The van der Waals surface area contributed by atoms with E-state index in [4.69, 9.17) is 9.47 Å². The van der Waals surface area contributed by atoms with Crippen molar-refractivity contribution in [2.24, 2.45) is 0 Å². The molecular weight excluding hydrogens is 318 g/mol. The summed E-state index contributed by atoms with van der Waals surface area (Å²) in [5.41, 5.74) is 1.55. The highest BCUT2D eigenvalue weighted by atomic mass is 16.5. The minimum atomic E-state index is -0.467. The number of hydrogen-bond donors (Lipinski definition) is 0. The second-order valence-electron chi connectivity index (χ2n) is 5.60. The van der Waals surface area contributed by atoms with E-state index in [0.29, 0.717) is 28.6 Å². The SMILES string of the molecule is CCCOc1ccc(C(=O)n2cc(C(=O)OC)c3ccccc32)cc1. The number of carbonyl (C=O) groups excluding carboxylic acids is 2. The Balaban J connectivity index is 1.98. The fraction of sp³-hybridized carbons (Fsp3) is 0.200. The van der Waals surface area contributed by atoms with Gasteiger partial charge in [-0.2, -0.15) is 0 Å². The third-order valence-electron chi connectivity index (χ3n) is 3.91. The Morgan fingerprint density at radius 2 is 1.76 bits per heavy atom. The number of esters is 1. The molecule has 0 spiro atoms. The van der Waals surface area contributed by atoms with Crippen molar-refractivity contribution in [1.29, 1.82) is 0 Å². The molecule has 0 bridgehead atoms. The van der Waals surface area contributed by atoms with E-state index in [1.807, 2.05) is 19.1 Å². The van der Waals surface area contributed by atoms with Crippen LogP contribution in [0.1, 0.15) is 34.1 Å². The highest BCUT2D eigenvalue weighted by Crippen LogP contribution is 2.23. The van der Waals surface area contributed by atoms with Crippen LogP contribution in [-0.4, -0.2) is 30.2 Å². The first kappa shape index (κ1) is 16.8. The molecular formula is C20H19NO4. The Bertz CT molecular complexity index is 909. The molecule has 5 nitrogen and oxygen atoms in total. The van der Waals surface area contributed by atoms with Crippen molar-refractivity contribution in [3.63, 3.8) is 0 Å². The van der Waals surface area contributed by atoms with E-state index >= 15 is 0 Å². The van der Waals surface area contributed by atoms with E-state index in [-0.39, 0.29) is 5.91 Å². The Kier molecular flexibility index (Phi) is 4.84. The fourth-order valence-electron chi connectivity index (χ4n) is 2.67. The van der Waals surface area contributed by atoms with Gasteiger partial charge in [-0.05, 0) is 36.8 Å². The molecule has 1 aromatic heterocycles. The van der Waals surface area contributed by atoms with Crippen LogP contribution in [0.15, 0.2) is 54.7 Å². The van der Waals surface area contributed by atoms with Crippen molar-refractivity contribution in [2.75, 3.05) is 13.7 Å². The van der Waals surface area contributed by atoms with Gasteiger partial charge in [0.2, 0.25) is 0 Å². The number of benzene rings is 2. The number of fused-ring (bicyclic) bond motifs is 1. The molecule has 2 aromatic carbocycles. The summed E-state index contributed by atoms with van der Waals surface area (Å²) in [4.78, 5) is 24.9. The smallest absolute Gasteiger partial charge is 0.340 e. The molecule has 0 unspecified atom stereocenters. The lowest BCUT2D eigenvalue weighted by molar-refractivity contribution is 0.0603.